The number of nitrogens with zero attached hydrogens (tertiary/aromatic N) is 3. The molecule has 2 aromatic carbocycles. The van der Waals surface area contributed by atoms with Crippen LogP contribution in [-0.2, 0) is 6.42 Å². The van der Waals surface area contributed by atoms with Gasteiger partial charge in [0, 0.05) is 18.0 Å². The van der Waals surface area contributed by atoms with Gasteiger partial charge in [0.05, 0.1) is 17.2 Å². The van der Waals surface area contributed by atoms with E-state index in [0.29, 0.717) is 28.5 Å². The topological polar surface area (TPSA) is 85.1 Å². The molecule has 6 nitrogen and oxygen atoms in total. The van der Waals surface area contributed by atoms with Crippen molar-refractivity contribution in [2.24, 2.45) is 0 Å². The molecule has 0 saturated carbocycles. The van der Waals surface area contributed by atoms with E-state index in [4.69, 9.17) is 9.47 Å². The summed E-state index contributed by atoms with van der Waals surface area (Å²) in [5, 5.41) is 9.57. The standard InChI is InChI=1S/C29H33N3O3/c1-4-6-7-8-10-21(3)34-27-16-13-24(17-25(27)18-30)29(33)35-26-14-11-23(12-15-26)28-31-19-22(9-5-2)20-32-28/h11-17,19-21H,4-10H2,1-3H3. The fourth-order valence-electron chi connectivity index (χ4n) is 3.74. The van der Waals surface area contributed by atoms with Gasteiger partial charge in [-0.25, -0.2) is 14.8 Å². The number of esters is 1. The van der Waals surface area contributed by atoms with Gasteiger partial charge in [0.2, 0.25) is 0 Å². The van der Waals surface area contributed by atoms with Crippen LogP contribution in [0.1, 0.15) is 80.8 Å². The van der Waals surface area contributed by atoms with Crippen LogP contribution >= 0.6 is 0 Å². The molecule has 3 rings (SSSR count). The van der Waals surface area contributed by atoms with Gasteiger partial charge in [-0.05, 0) is 74.2 Å². The molecular weight excluding hydrogens is 438 g/mol. The van der Waals surface area contributed by atoms with Gasteiger partial charge in [-0.3, -0.25) is 0 Å². The van der Waals surface area contributed by atoms with Crippen LogP contribution in [0.5, 0.6) is 11.5 Å². The first-order valence-electron chi connectivity index (χ1n) is 12.4. The van der Waals surface area contributed by atoms with Crippen molar-refractivity contribution in [1.82, 2.24) is 9.97 Å². The Morgan fingerprint density at radius 3 is 2.40 bits per heavy atom. The molecule has 0 spiro atoms. The number of carbonyl (C=O) groups is 1. The first kappa shape index (κ1) is 25.9. The summed E-state index contributed by atoms with van der Waals surface area (Å²) in [6, 6.07) is 14.0. The van der Waals surface area contributed by atoms with Crippen molar-refractivity contribution in [1.29, 1.82) is 5.26 Å². The van der Waals surface area contributed by atoms with E-state index in [1.54, 1.807) is 24.3 Å². The van der Waals surface area contributed by atoms with Gasteiger partial charge < -0.3 is 9.47 Å². The average molecular weight is 472 g/mol. The van der Waals surface area contributed by atoms with Crippen LogP contribution in [0.25, 0.3) is 11.4 Å². The minimum Gasteiger partial charge on any atom is -0.489 e. The minimum atomic E-state index is -0.534. The molecule has 182 valence electrons. The lowest BCUT2D eigenvalue weighted by atomic mass is 10.1. The second-order valence-electron chi connectivity index (χ2n) is 8.68. The smallest absolute Gasteiger partial charge is 0.343 e. The number of nitriles is 1. The summed E-state index contributed by atoms with van der Waals surface area (Å²) in [7, 11) is 0. The fourth-order valence-corrected chi connectivity index (χ4v) is 3.74. The maximum atomic E-state index is 12.7. The lowest BCUT2D eigenvalue weighted by molar-refractivity contribution is 0.0734. The molecule has 0 aliphatic heterocycles. The second kappa shape index (κ2) is 13.2. The predicted molar refractivity (Wildman–Crippen MR) is 136 cm³/mol. The first-order chi connectivity index (χ1) is 17.0. The molecular formula is C29H33N3O3. The molecule has 0 amide bonds. The molecule has 0 aliphatic carbocycles. The largest absolute Gasteiger partial charge is 0.489 e. The third-order valence-electron chi connectivity index (χ3n) is 5.70. The highest BCUT2D eigenvalue weighted by molar-refractivity contribution is 5.91. The van der Waals surface area contributed by atoms with Gasteiger partial charge in [0.25, 0.3) is 0 Å². The van der Waals surface area contributed by atoms with Crippen LogP contribution in [0.3, 0.4) is 0 Å². The predicted octanol–water partition coefficient (Wildman–Crippen LogP) is 6.92. The molecule has 6 heteroatoms. The van der Waals surface area contributed by atoms with Gasteiger partial charge >= 0.3 is 5.97 Å². The summed E-state index contributed by atoms with van der Waals surface area (Å²) < 4.78 is 11.5. The summed E-state index contributed by atoms with van der Waals surface area (Å²) in [5.74, 6) is 0.979. The van der Waals surface area contributed by atoms with Crippen LogP contribution in [-0.4, -0.2) is 22.0 Å². The van der Waals surface area contributed by atoms with Crippen LogP contribution in [0.15, 0.2) is 54.9 Å². The molecule has 0 aliphatic rings. The van der Waals surface area contributed by atoms with E-state index in [9.17, 15) is 10.1 Å². The van der Waals surface area contributed by atoms with E-state index >= 15 is 0 Å². The zero-order chi connectivity index (χ0) is 25.0. The number of aromatic nitrogens is 2. The zero-order valence-electron chi connectivity index (χ0n) is 20.8. The van der Waals surface area contributed by atoms with Crippen molar-refractivity contribution in [2.45, 2.75) is 71.8 Å². The van der Waals surface area contributed by atoms with Gasteiger partial charge in [-0.1, -0.05) is 39.5 Å². The Morgan fingerprint density at radius 1 is 1.00 bits per heavy atom. The maximum Gasteiger partial charge on any atom is 0.343 e. The molecule has 1 aromatic heterocycles. The van der Waals surface area contributed by atoms with Gasteiger partial charge in [0.15, 0.2) is 5.82 Å². The van der Waals surface area contributed by atoms with Gasteiger partial charge in [-0.15, -0.1) is 0 Å². The number of carbonyl (C=O) groups excluding carboxylic acids is 1. The Hall–Kier alpha value is -3.72. The average Bonchev–Trinajstić information content (AvgIpc) is 2.88. The molecule has 0 fully saturated rings. The second-order valence-corrected chi connectivity index (χ2v) is 8.68. The summed E-state index contributed by atoms with van der Waals surface area (Å²) in [5.41, 5.74) is 2.56. The number of aryl methyl sites for hydroxylation is 1. The Morgan fingerprint density at radius 2 is 1.74 bits per heavy atom. The molecule has 1 unspecified atom stereocenters. The van der Waals surface area contributed by atoms with Gasteiger partial charge in [-0.2, -0.15) is 5.26 Å². The molecule has 1 atom stereocenters. The quantitative estimate of drug-likeness (QED) is 0.162. The summed E-state index contributed by atoms with van der Waals surface area (Å²) in [4.78, 5) is 21.5. The van der Waals surface area contributed by atoms with Crippen LogP contribution < -0.4 is 9.47 Å². The number of rotatable bonds is 12. The van der Waals surface area contributed by atoms with E-state index in [1.165, 1.54) is 25.3 Å². The fraction of sp³-hybridized carbons (Fsp3) is 0.379. The third kappa shape index (κ3) is 7.65. The van der Waals surface area contributed by atoms with Gasteiger partial charge in [0.1, 0.15) is 17.6 Å². The number of hydrogen-bond donors (Lipinski definition) is 0. The van der Waals surface area contributed by atoms with E-state index < -0.39 is 5.97 Å². The Labute approximate surface area is 208 Å². The molecule has 35 heavy (non-hydrogen) atoms. The molecule has 0 N–H and O–H groups in total. The van der Waals surface area contributed by atoms with Crippen molar-refractivity contribution in [3.63, 3.8) is 0 Å². The van der Waals surface area contributed by atoms with E-state index in [2.05, 4.69) is 29.9 Å². The maximum absolute atomic E-state index is 12.7. The number of unbranched alkanes of at least 4 members (excludes halogenated alkanes) is 3. The van der Waals surface area contributed by atoms with Crippen LogP contribution in [0, 0.1) is 11.3 Å². The lowest BCUT2D eigenvalue weighted by Gasteiger charge is -2.16. The van der Waals surface area contributed by atoms with E-state index in [-0.39, 0.29) is 6.10 Å². The Balaban J connectivity index is 1.61. The summed E-state index contributed by atoms with van der Waals surface area (Å²) in [6.45, 7) is 6.31. The number of hydrogen-bond acceptors (Lipinski definition) is 6. The van der Waals surface area contributed by atoms with Crippen molar-refractivity contribution in [3.8, 4) is 29.0 Å². The number of ether oxygens (including phenoxy) is 2. The zero-order valence-corrected chi connectivity index (χ0v) is 20.8. The van der Waals surface area contributed by atoms with Crippen LogP contribution in [0.2, 0.25) is 0 Å². The van der Waals surface area contributed by atoms with Crippen molar-refractivity contribution in [2.75, 3.05) is 0 Å². The normalized spacial score (nSPS) is 11.5. The highest BCUT2D eigenvalue weighted by Gasteiger charge is 2.15. The van der Waals surface area contributed by atoms with E-state index in [0.717, 1.165) is 36.8 Å². The lowest BCUT2D eigenvalue weighted by Crippen LogP contribution is -2.13. The number of benzene rings is 2. The third-order valence-corrected chi connectivity index (χ3v) is 5.70. The summed E-state index contributed by atoms with van der Waals surface area (Å²) >= 11 is 0. The van der Waals surface area contributed by atoms with Crippen molar-refractivity contribution >= 4 is 5.97 Å². The molecule has 1 heterocycles. The molecule has 0 saturated heterocycles. The Kier molecular flexibility index (Phi) is 9.80. The van der Waals surface area contributed by atoms with Crippen molar-refractivity contribution < 1.29 is 14.3 Å². The molecule has 0 radical (unpaired) electrons. The highest BCUT2D eigenvalue weighted by Crippen LogP contribution is 2.24. The first-order valence-corrected chi connectivity index (χ1v) is 12.4. The molecule has 3 aromatic rings. The highest BCUT2D eigenvalue weighted by atomic mass is 16.5. The monoisotopic (exact) mass is 471 g/mol. The van der Waals surface area contributed by atoms with Crippen LogP contribution in [0.4, 0.5) is 0 Å². The Bertz CT molecular complexity index is 1140. The van der Waals surface area contributed by atoms with Crippen molar-refractivity contribution in [3.05, 3.63) is 71.5 Å². The SMILES string of the molecule is CCCCCCC(C)Oc1ccc(C(=O)Oc2ccc(-c3ncc(CCC)cn3)cc2)cc1C#N. The van der Waals surface area contributed by atoms with E-state index in [1.807, 2.05) is 31.5 Å². The minimum absolute atomic E-state index is 0.00194. The molecule has 0 bridgehead atoms. The summed E-state index contributed by atoms with van der Waals surface area (Å²) in [6.07, 6.45) is 11.3.